The van der Waals surface area contributed by atoms with Crippen molar-refractivity contribution in [3.63, 3.8) is 0 Å². The lowest BCUT2D eigenvalue weighted by molar-refractivity contribution is -0.128. The molecule has 156 valence electrons. The lowest BCUT2D eigenvalue weighted by Gasteiger charge is -2.23. The van der Waals surface area contributed by atoms with Crippen LogP contribution in [0.2, 0.25) is 5.02 Å². The van der Waals surface area contributed by atoms with Crippen LogP contribution in [0.4, 0.5) is 5.69 Å². The average molecular weight is 410 g/mol. The second kappa shape index (κ2) is 9.87. The number of hydrogen-bond donors (Lipinski definition) is 3. The number of aliphatic imine (C=N–C) groups is 1. The number of nitrogens with one attached hydrogen (secondary N) is 3. The molecule has 1 atom stereocenters. The highest BCUT2D eigenvalue weighted by Gasteiger charge is 2.28. The fraction of sp³-hybridized carbons (Fsp3) is 0.600. The standard InChI is InChI=1S/C20H32ClN5O2/c1-6-23-19(24-13-20(2,3)18(27)22-4)25-15-9-10-26(12-15)16-11-14(21)7-8-17(16)28-5/h7-8,11,15H,6,9-10,12-13H2,1-5H3,(H,22,27)(H2,23,24,25). The predicted octanol–water partition coefficient (Wildman–Crippen LogP) is 2.25. The first-order chi connectivity index (χ1) is 13.3. The zero-order chi connectivity index (χ0) is 20.7. The van der Waals surface area contributed by atoms with Crippen LogP contribution in [0.1, 0.15) is 27.2 Å². The third-order valence-electron chi connectivity index (χ3n) is 4.83. The molecule has 0 saturated carbocycles. The monoisotopic (exact) mass is 409 g/mol. The molecule has 1 amide bonds. The van der Waals surface area contributed by atoms with E-state index in [-0.39, 0.29) is 11.9 Å². The molecule has 1 unspecified atom stereocenters. The lowest BCUT2D eigenvalue weighted by Crippen LogP contribution is -2.45. The Hall–Kier alpha value is -2.15. The Bertz CT molecular complexity index is 708. The van der Waals surface area contributed by atoms with Crippen LogP contribution in [0.15, 0.2) is 23.2 Å². The van der Waals surface area contributed by atoms with Crippen LogP contribution in [-0.4, -0.2) is 58.2 Å². The third-order valence-corrected chi connectivity index (χ3v) is 5.06. The van der Waals surface area contributed by atoms with E-state index >= 15 is 0 Å². The second-order valence-corrected chi connectivity index (χ2v) is 7.99. The number of benzene rings is 1. The second-order valence-electron chi connectivity index (χ2n) is 7.55. The molecule has 3 N–H and O–H groups in total. The van der Waals surface area contributed by atoms with E-state index in [0.717, 1.165) is 43.5 Å². The van der Waals surface area contributed by atoms with Gasteiger partial charge in [0.1, 0.15) is 5.75 Å². The van der Waals surface area contributed by atoms with Gasteiger partial charge in [-0.3, -0.25) is 9.79 Å². The molecule has 1 aliphatic heterocycles. The van der Waals surface area contributed by atoms with E-state index in [0.29, 0.717) is 11.6 Å². The van der Waals surface area contributed by atoms with Crippen molar-refractivity contribution in [2.24, 2.45) is 10.4 Å². The molecule has 1 fully saturated rings. The smallest absolute Gasteiger partial charge is 0.227 e. The zero-order valence-corrected chi connectivity index (χ0v) is 18.2. The Balaban J connectivity index is 2.04. The number of rotatable bonds is 7. The molecule has 8 heteroatoms. The fourth-order valence-electron chi connectivity index (χ4n) is 3.21. The largest absolute Gasteiger partial charge is 0.495 e. The number of carbonyl (C=O) groups is 1. The molecule has 1 aromatic carbocycles. The van der Waals surface area contributed by atoms with Gasteiger partial charge in [-0.2, -0.15) is 0 Å². The van der Waals surface area contributed by atoms with Crippen LogP contribution in [0.5, 0.6) is 5.75 Å². The highest BCUT2D eigenvalue weighted by molar-refractivity contribution is 6.30. The molecule has 28 heavy (non-hydrogen) atoms. The maximum atomic E-state index is 12.0. The van der Waals surface area contributed by atoms with Gasteiger partial charge < -0.3 is 25.6 Å². The molecular formula is C20H32ClN5O2. The molecule has 0 bridgehead atoms. The van der Waals surface area contributed by atoms with E-state index < -0.39 is 5.41 Å². The van der Waals surface area contributed by atoms with Crippen molar-refractivity contribution in [1.82, 2.24) is 16.0 Å². The van der Waals surface area contributed by atoms with Gasteiger partial charge in [0.15, 0.2) is 5.96 Å². The van der Waals surface area contributed by atoms with Gasteiger partial charge in [0.05, 0.1) is 24.8 Å². The molecule has 0 aromatic heterocycles. The van der Waals surface area contributed by atoms with Gasteiger partial charge in [0, 0.05) is 37.7 Å². The highest BCUT2D eigenvalue weighted by Crippen LogP contribution is 2.33. The maximum Gasteiger partial charge on any atom is 0.227 e. The molecule has 1 aromatic rings. The number of nitrogens with zero attached hydrogens (tertiary/aromatic N) is 2. The molecule has 1 saturated heterocycles. The Morgan fingerprint density at radius 3 is 2.82 bits per heavy atom. The molecule has 7 nitrogen and oxygen atoms in total. The van der Waals surface area contributed by atoms with Crippen LogP contribution in [0, 0.1) is 5.41 Å². The van der Waals surface area contributed by atoms with E-state index in [2.05, 4.69) is 25.8 Å². The van der Waals surface area contributed by atoms with Crippen molar-refractivity contribution in [2.75, 3.05) is 45.2 Å². The molecular weight excluding hydrogens is 378 g/mol. The van der Waals surface area contributed by atoms with Crippen LogP contribution in [0.3, 0.4) is 0 Å². The molecule has 0 spiro atoms. The van der Waals surface area contributed by atoms with E-state index in [9.17, 15) is 4.79 Å². The number of amides is 1. The molecule has 0 aliphatic carbocycles. The molecule has 0 radical (unpaired) electrons. The van der Waals surface area contributed by atoms with Crippen LogP contribution < -0.4 is 25.6 Å². The Labute approximate surface area is 172 Å². The van der Waals surface area contributed by atoms with Crippen LogP contribution in [-0.2, 0) is 4.79 Å². The molecule has 1 aliphatic rings. The number of methoxy groups -OCH3 is 1. The average Bonchev–Trinajstić information content (AvgIpc) is 3.14. The zero-order valence-electron chi connectivity index (χ0n) is 17.4. The van der Waals surface area contributed by atoms with E-state index in [1.54, 1.807) is 14.2 Å². The minimum absolute atomic E-state index is 0.0211. The van der Waals surface area contributed by atoms with Crippen molar-refractivity contribution in [1.29, 1.82) is 0 Å². The Morgan fingerprint density at radius 2 is 2.18 bits per heavy atom. The number of carbonyl (C=O) groups excluding carboxylic acids is 1. The summed E-state index contributed by atoms with van der Waals surface area (Å²) in [6.45, 7) is 8.69. The van der Waals surface area contributed by atoms with Gasteiger partial charge in [-0.25, -0.2) is 0 Å². The summed E-state index contributed by atoms with van der Waals surface area (Å²) < 4.78 is 5.48. The quantitative estimate of drug-likeness (QED) is 0.475. The van der Waals surface area contributed by atoms with Gasteiger partial charge in [0.25, 0.3) is 0 Å². The third kappa shape index (κ3) is 5.67. The van der Waals surface area contributed by atoms with Crippen LogP contribution >= 0.6 is 11.6 Å². The summed E-state index contributed by atoms with van der Waals surface area (Å²) >= 11 is 6.18. The summed E-state index contributed by atoms with van der Waals surface area (Å²) in [6, 6.07) is 5.91. The van der Waals surface area contributed by atoms with Crippen LogP contribution in [0.25, 0.3) is 0 Å². The number of anilines is 1. The minimum Gasteiger partial charge on any atom is -0.495 e. The summed E-state index contributed by atoms with van der Waals surface area (Å²) in [4.78, 5) is 18.9. The summed E-state index contributed by atoms with van der Waals surface area (Å²) in [5, 5.41) is 10.1. The number of ether oxygens (including phenoxy) is 1. The van der Waals surface area contributed by atoms with E-state index in [1.165, 1.54) is 0 Å². The van der Waals surface area contributed by atoms with Crippen molar-refractivity contribution < 1.29 is 9.53 Å². The van der Waals surface area contributed by atoms with Gasteiger partial charge in [-0.05, 0) is 45.4 Å². The number of halogens is 1. The highest BCUT2D eigenvalue weighted by atomic mass is 35.5. The van der Waals surface area contributed by atoms with Crippen molar-refractivity contribution in [2.45, 2.75) is 33.2 Å². The minimum atomic E-state index is -0.563. The first kappa shape index (κ1) is 22.1. The molecule has 2 rings (SSSR count). The van der Waals surface area contributed by atoms with E-state index in [4.69, 9.17) is 16.3 Å². The summed E-state index contributed by atoms with van der Waals surface area (Å²) in [5.74, 6) is 1.52. The van der Waals surface area contributed by atoms with E-state index in [1.807, 2.05) is 39.0 Å². The maximum absolute atomic E-state index is 12.0. The van der Waals surface area contributed by atoms with Gasteiger partial charge >= 0.3 is 0 Å². The van der Waals surface area contributed by atoms with Crippen molar-refractivity contribution in [3.05, 3.63) is 23.2 Å². The topological polar surface area (TPSA) is 78.0 Å². The van der Waals surface area contributed by atoms with Gasteiger partial charge in [-0.1, -0.05) is 11.6 Å². The Kier molecular flexibility index (Phi) is 7.80. The first-order valence-corrected chi connectivity index (χ1v) is 10.0. The van der Waals surface area contributed by atoms with Crippen molar-refractivity contribution in [3.8, 4) is 5.75 Å². The van der Waals surface area contributed by atoms with Crippen molar-refractivity contribution >= 4 is 29.2 Å². The summed E-state index contributed by atoms with van der Waals surface area (Å²) in [7, 11) is 3.32. The SMILES string of the molecule is CCNC(=NCC(C)(C)C(=O)NC)NC1CCN(c2cc(Cl)ccc2OC)C1. The molecule has 1 heterocycles. The predicted molar refractivity (Wildman–Crippen MR) is 116 cm³/mol. The fourth-order valence-corrected chi connectivity index (χ4v) is 3.37. The van der Waals surface area contributed by atoms with Gasteiger partial charge in [-0.15, -0.1) is 0 Å². The normalized spacial score (nSPS) is 17.4. The lowest BCUT2D eigenvalue weighted by atomic mass is 9.93. The summed E-state index contributed by atoms with van der Waals surface area (Å²) in [5.41, 5.74) is 0.439. The number of hydrogen-bond acceptors (Lipinski definition) is 4. The first-order valence-electron chi connectivity index (χ1n) is 9.66. The Morgan fingerprint density at radius 1 is 1.43 bits per heavy atom. The number of guanidine groups is 1. The summed E-state index contributed by atoms with van der Waals surface area (Å²) in [6.07, 6.45) is 0.971. The van der Waals surface area contributed by atoms with Gasteiger partial charge in [0.2, 0.25) is 5.91 Å².